The van der Waals surface area contributed by atoms with E-state index in [2.05, 4.69) is 17.0 Å². The third kappa shape index (κ3) is 2.78. The maximum absolute atomic E-state index is 8.92. The summed E-state index contributed by atoms with van der Waals surface area (Å²) in [6.07, 6.45) is 1.11. The van der Waals surface area contributed by atoms with Crippen LogP contribution in [0.1, 0.15) is 17.5 Å². The molecule has 1 fully saturated rings. The van der Waals surface area contributed by atoms with Gasteiger partial charge in [0.25, 0.3) is 0 Å². The summed E-state index contributed by atoms with van der Waals surface area (Å²) in [7, 11) is 0. The minimum absolute atomic E-state index is 0.120. The molecule has 2 rings (SSSR count). The van der Waals surface area contributed by atoms with Crippen LogP contribution in [0.4, 0.5) is 0 Å². The molecule has 3 N–H and O–H groups in total. The zero-order valence-electron chi connectivity index (χ0n) is 8.89. The largest absolute Gasteiger partial charge is 0.392 e. The van der Waals surface area contributed by atoms with Crippen LogP contribution in [0.15, 0.2) is 24.3 Å². The first-order valence-corrected chi connectivity index (χ1v) is 5.44. The summed E-state index contributed by atoms with van der Waals surface area (Å²) in [6.45, 7) is 3.19. The number of benzene rings is 1. The molecular formula is C12H18N2O. The van der Waals surface area contributed by atoms with Gasteiger partial charge in [-0.05, 0) is 17.5 Å². The number of aliphatic hydroxyl groups is 1. The third-order valence-corrected chi connectivity index (χ3v) is 2.92. The standard InChI is InChI=1S/C12H18N2O/c13-12-5-6-14(8-12)7-10-1-3-11(9-15)4-2-10/h1-4,12,15H,5-9,13H2. The van der Waals surface area contributed by atoms with Gasteiger partial charge in [0.05, 0.1) is 6.61 Å². The monoisotopic (exact) mass is 206 g/mol. The van der Waals surface area contributed by atoms with Crippen molar-refractivity contribution in [2.24, 2.45) is 5.73 Å². The summed E-state index contributed by atoms with van der Waals surface area (Å²) in [4.78, 5) is 2.37. The Balaban J connectivity index is 1.93. The molecule has 1 aromatic carbocycles. The minimum atomic E-state index is 0.120. The predicted molar refractivity (Wildman–Crippen MR) is 60.2 cm³/mol. The zero-order valence-corrected chi connectivity index (χ0v) is 8.89. The molecule has 1 aliphatic rings. The van der Waals surface area contributed by atoms with Crippen LogP contribution in [0.25, 0.3) is 0 Å². The molecule has 15 heavy (non-hydrogen) atoms. The quantitative estimate of drug-likeness (QED) is 0.766. The first kappa shape index (κ1) is 10.6. The van der Waals surface area contributed by atoms with E-state index in [1.807, 2.05) is 12.1 Å². The van der Waals surface area contributed by atoms with Gasteiger partial charge < -0.3 is 10.8 Å². The van der Waals surface area contributed by atoms with Crippen molar-refractivity contribution in [2.45, 2.75) is 25.6 Å². The molecule has 1 aromatic rings. The highest BCUT2D eigenvalue weighted by atomic mass is 16.3. The molecule has 0 aromatic heterocycles. The third-order valence-electron chi connectivity index (χ3n) is 2.92. The highest BCUT2D eigenvalue weighted by Gasteiger charge is 2.18. The molecule has 1 atom stereocenters. The van der Waals surface area contributed by atoms with Crippen LogP contribution in [0.5, 0.6) is 0 Å². The molecule has 0 saturated carbocycles. The van der Waals surface area contributed by atoms with Gasteiger partial charge in [0.15, 0.2) is 0 Å². The first-order chi connectivity index (χ1) is 7.28. The van der Waals surface area contributed by atoms with Crippen molar-refractivity contribution in [1.29, 1.82) is 0 Å². The topological polar surface area (TPSA) is 49.5 Å². The van der Waals surface area contributed by atoms with Crippen molar-refractivity contribution in [3.63, 3.8) is 0 Å². The van der Waals surface area contributed by atoms with Gasteiger partial charge in [-0.1, -0.05) is 24.3 Å². The number of hydrogen-bond acceptors (Lipinski definition) is 3. The molecule has 0 spiro atoms. The van der Waals surface area contributed by atoms with Crippen molar-refractivity contribution in [2.75, 3.05) is 13.1 Å². The lowest BCUT2D eigenvalue weighted by molar-refractivity contribution is 0.281. The average molecular weight is 206 g/mol. The Morgan fingerprint density at radius 2 is 1.93 bits per heavy atom. The maximum atomic E-state index is 8.92. The molecule has 3 nitrogen and oxygen atoms in total. The van der Waals surface area contributed by atoms with E-state index in [9.17, 15) is 0 Å². The molecule has 0 bridgehead atoms. The molecule has 0 radical (unpaired) electrons. The number of nitrogens with zero attached hydrogens (tertiary/aromatic N) is 1. The van der Waals surface area contributed by atoms with Crippen molar-refractivity contribution in [3.8, 4) is 0 Å². The Morgan fingerprint density at radius 3 is 2.47 bits per heavy atom. The summed E-state index contributed by atoms with van der Waals surface area (Å²) in [5.74, 6) is 0. The molecule has 1 heterocycles. The molecule has 0 aliphatic carbocycles. The fourth-order valence-corrected chi connectivity index (χ4v) is 2.01. The van der Waals surface area contributed by atoms with Crippen LogP contribution in [0.3, 0.4) is 0 Å². The Bertz CT molecular complexity index is 310. The predicted octanol–water partition coefficient (Wildman–Crippen LogP) is 0.712. The first-order valence-electron chi connectivity index (χ1n) is 5.44. The highest BCUT2D eigenvalue weighted by Crippen LogP contribution is 2.12. The van der Waals surface area contributed by atoms with Gasteiger partial charge in [0.1, 0.15) is 0 Å². The fraction of sp³-hybridized carbons (Fsp3) is 0.500. The molecule has 1 unspecified atom stereocenters. The Labute approximate surface area is 90.5 Å². The average Bonchev–Trinajstić information content (AvgIpc) is 2.65. The molecule has 1 saturated heterocycles. The van der Waals surface area contributed by atoms with Crippen molar-refractivity contribution >= 4 is 0 Å². The normalized spacial score (nSPS) is 22.1. The summed E-state index contributed by atoms with van der Waals surface area (Å²) in [6, 6.07) is 8.46. The van der Waals surface area contributed by atoms with E-state index in [1.54, 1.807) is 0 Å². The fourth-order valence-electron chi connectivity index (χ4n) is 2.01. The van der Waals surface area contributed by atoms with E-state index in [0.29, 0.717) is 6.04 Å². The Morgan fingerprint density at radius 1 is 1.27 bits per heavy atom. The van der Waals surface area contributed by atoms with E-state index < -0.39 is 0 Å². The number of likely N-dealkylation sites (tertiary alicyclic amines) is 1. The molecule has 1 aliphatic heterocycles. The van der Waals surface area contributed by atoms with Crippen LogP contribution in [0, 0.1) is 0 Å². The number of hydrogen-bond donors (Lipinski definition) is 2. The lowest BCUT2D eigenvalue weighted by Gasteiger charge is -2.15. The van der Waals surface area contributed by atoms with Crippen LogP contribution < -0.4 is 5.73 Å². The second kappa shape index (κ2) is 4.75. The number of aliphatic hydroxyl groups excluding tert-OH is 1. The molecular weight excluding hydrogens is 188 g/mol. The van der Waals surface area contributed by atoms with Gasteiger partial charge in [-0.3, -0.25) is 4.90 Å². The van der Waals surface area contributed by atoms with E-state index in [-0.39, 0.29) is 6.61 Å². The number of nitrogens with two attached hydrogens (primary N) is 1. The van der Waals surface area contributed by atoms with Gasteiger partial charge in [-0.25, -0.2) is 0 Å². The van der Waals surface area contributed by atoms with E-state index in [0.717, 1.165) is 31.6 Å². The van der Waals surface area contributed by atoms with Gasteiger partial charge in [-0.2, -0.15) is 0 Å². The summed E-state index contributed by atoms with van der Waals surface area (Å²) < 4.78 is 0. The van der Waals surface area contributed by atoms with Crippen LogP contribution >= 0.6 is 0 Å². The van der Waals surface area contributed by atoms with Crippen LogP contribution in [-0.4, -0.2) is 29.1 Å². The zero-order chi connectivity index (χ0) is 10.7. The van der Waals surface area contributed by atoms with Gasteiger partial charge in [0.2, 0.25) is 0 Å². The lowest BCUT2D eigenvalue weighted by atomic mass is 10.1. The second-order valence-corrected chi connectivity index (χ2v) is 4.26. The van der Waals surface area contributed by atoms with E-state index in [1.165, 1.54) is 5.56 Å². The van der Waals surface area contributed by atoms with Crippen molar-refractivity contribution < 1.29 is 5.11 Å². The Hall–Kier alpha value is -0.900. The van der Waals surface area contributed by atoms with E-state index in [4.69, 9.17) is 10.8 Å². The van der Waals surface area contributed by atoms with Crippen molar-refractivity contribution in [3.05, 3.63) is 35.4 Å². The summed E-state index contributed by atoms with van der Waals surface area (Å²) in [5, 5.41) is 8.92. The summed E-state index contributed by atoms with van der Waals surface area (Å²) in [5.41, 5.74) is 8.11. The summed E-state index contributed by atoms with van der Waals surface area (Å²) >= 11 is 0. The SMILES string of the molecule is NC1CCN(Cc2ccc(CO)cc2)C1. The maximum Gasteiger partial charge on any atom is 0.0681 e. The van der Waals surface area contributed by atoms with E-state index >= 15 is 0 Å². The van der Waals surface area contributed by atoms with Gasteiger partial charge >= 0.3 is 0 Å². The van der Waals surface area contributed by atoms with Crippen LogP contribution in [-0.2, 0) is 13.2 Å². The van der Waals surface area contributed by atoms with Gasteiger partial charge in [0, 0.05) is 25.7 Å². The molecule has 0 amide bonds. The second-order valence-electron chi connectivity index (χ2n) is 4.26. The minimum Gasteiger partial charge on any atom is -0.392 e. The highest BCUT2D eigenvalue weighted by molar-refractivity contribution is 5.22. The number of rotatable bonds is 3. The van der Waals surface area contributed by atoms with Crippen LogP contribution in [0.2, 0.25) is 0 Å². The van der Waals surface area contributed by atoms with Gasteiger partial charge in [-0.15, -0.1) is 0 Å². The molecule has 82 valence electrons. The Kier molecular flexibility index (Phi) is 3.36. The lowest BCUT2D eigenvalue weighted by Crippen LogP contribution is -2.26. The smallest absolute Gasteiger partial charge is 0.0681 e. The van der Waals surface area contributed by atoms with Crippen molar-refractivity contribution in [1.82, 2.24) is 4.90 Å². The molecule has 3 heteroatoms.